The minimum absolute atomic E-state index is 0.00320. The van der Waals surface area contributed by atoms with Crippen LogP contribution in [0, 0.1) is 5.82 Å². The third-order valence-corrected chi connectivity index (χ3v) is 3.54. The lowest BCUT2D eigenvalue weighted by molar-refractivity contribution is 0.307. The van der Waals surface area contributed by atoms with Crippen molar-refractivity contribution in [1.29, 1.82) is 0 Å². The standard InChI is InChI=1S/C16H15Cl2FO2/c17-14-9-13(20)10-15(18)16(14)21-7-2-1-4-11-5-3-6-12(19)8-11/h3,5-6,8-10,20H,1-2,4,7H2. The van der Waals surface area contributed by atoms with Crippen LogP contribution in [0.15, 0.2) is 36.4 Å². The van der Waals surface area contributed by atoms with Crippen molar-refractivity contribution in [2.45, 2.75) is 19.3 Å². The van der Waals surface area contributed by atoms with Crippen LogP contribution in [0.25, 0.3) is 0 Å². The van der Waals surface area contributed by atoms with E-state index in [1.54, 1.807) is 6.07 Å². The van der Waals surface area contributed by atoms with Gasteiger partial charge in [-0.15, -0.1) is 0 Å². The van der Waals surface area contributed by atoms with Crippen LogP contribution in [-0.4, -0.2) is 11.7 Å². The molecular weight excluding hydrogens is 314 g/mol. The van der Waals surface area contributed by atoms with E-state index in [0.717, 1.165) is 24.8 Å². The number of aryl methyl sites for hydroxylation is 1. The molecule has 2 nitrogen and oxygen atoms in total. The highest BCUT2D eigenvalue weighted by Crippen LogP contribution is 2.36. The van der Waals surface area contributed by atoms with Crippen LogP contribution >= 0.6 is 23.2 Å². The minimum atomic E-state index is -0.216. The van der Waals surface area contributed by atoms with Crippen molar-refractivity contribution >= 4 is 23.2 Å². The molecule has 0 amide bonds. The number of aromatic hydroxyl groups is 1. The van der Waals surface area contributed by atoms with Crippen molar-refractivity contribution in [2.75, 3.05) is 6.61 Å². The second-order valence-corrected chi connectivity index (χ2v) is 5.49. The van der Waals surface area contributed by atoms with Crippen molar-refractivity contribution in [1.82, 2.24) is 0 Å². The van der Waals surface area contributed by atoms with Gasteiger partial charge in [0.1, 0.15) is 11.6 Å². The highest BCUT2D eigenvalue weighted by atomic mass is 35.5. The van der Waals surface area contributed by atoms with E-state index in [-0.39, 0.29) is 21.6 Å². The summed E-state index contributed by atoms with van der Waals surface area (Å²) in [6.45, 7) is 0.458. The first-order valence-corrected chi connectivity index (χ1v) is 7.37. The van der Waals surface area contributed by atoms with Gasteiger partial charge in [0.25, 0.3) is 0 Å². The molecule has 5 heteroatoms. The van der Waals surface area contributed by atoms with Crippen LogP contribution in [0.4, 0.5) is 4.39 Å². The van der Waals surface area contributed by atoms with Crippen molar-refractivity contribution in [3.05, 3.63) is 57.8 Å². The van der Waals surface area contributed by atoms with E-state index in [4.69, 9.17) is 27.9 Å². The molecule has 0 radical (unpaired) electrons. The third kappa shape index (κ3) is 4.80. The third-order valence-electron chi connectivity index (χ3n) is 2.98. The monoisotopic (exact) mass is 328 g/mol. The first-order chi connectivity index (χ1) is 10.1. The second-order valence-electron chi connectivity index (χ2n) is 4.67. The maximum atomic E-state index is 13.0. The lowest BCUT2D eigenvalue weighted by Gasteiger charge is -2.10. The zero-order valence-electron chi connectivity index (χ0n) is 11.3. The number of hydrogen-bond acceptors (Lipinski definition) is 2. The van der Waals surface area contributed by atoms with E-state index in [1.807, 2.05) is 6.07 Å². The molecule has 1 N–H and O–H groups in total. The van der Waals surface area contributed by atoms with Crippen LogP contribution < -0.4 is 4.74 Å². The normalized spacial score (nSPS) is 10.6. The summed E-state index contributed by atoms with van der Waals surface area (Å²) in [5.41, 5.74) is 0.968. The Morgan fingerprint density at radius 3 is 2.43 bits per heavy atom. The predicted molar refractivity (Wildman–Crippen MR) is 83.0 cm³/mol. The summed E-state index contributed by atoms with van der Waals surface area (Å²) in [4.78, 5) is 0. The Morgan fingerprint density at radius 2 is 1.76 bits per heavy atom. The van der Waals surface area contributed by atoms with Crippen molar-refractivity contribution in [3.63, 3.8) is 0 Å². The number of phenols is 1. The SMILES string of the molecule is Oc1cc(Cl)c(OCCCCc2cccc(F)c2)c(Cl)c1. The van der Waals surface area contributed by atoms with Gasteiger partial charge in [-0.25, -0.2) is 4.39 Å². The molecule has 0 aromatic heterocycles. The molecule has 0 fully saturated rings. The van der Waals surface area contributed by atoms with E-state index in [0.29, 0.717) is 12.4 Å². The number of unbranched alkanes of at least 4 members (excludes halogenated alkanes) is 1. The van der Waals surface area contributed by atoms with E-state index in [9.17, 15) is 9.50 Å². The minimum Gasteiger partial charge on any atom is -0.508 e. The zero-order chi connectivity index (χ0) is 15.2. The molecule has 0 unspecified atom stereocenters. The van der Waals surface area contributed by atoms with Crippen LogP contribution in [0.2, 0.25) is 10.0 Å². The summed E-state index contributed by atoms with van der Waals surface area (Å²) in [7, 11) is 0. The molecule has 0 atom stereocenters. The van der Waals surface area contributed by atoms with Gasteiger partial charge in [0, 0.05) is 12.1 Å². The molecule has 0 aliphatic heterocycles. The Hall–Kier alpha value is -1.45. The molecule has 0 saturated heterocycles. The summed E-state index contributed by atoms with van der Waals surface area (Å²) in [5, 5.41) is 9.89. The van der Waals surface area contributed by atoms with E-state index in [1.165, 1.54) is 24.3 Å². The van der Waals surface area contributed by atoms with Crippen molar-refractivity contribution in [2.24, 2.45) is 0 Å². The number of benzene rings is 2. The first-order valence-electron chi connectivity index (χ1n) is 6.61. The summed E-state index contributed by atoms with van der Waals surface area (Å²) in [6, 6.07) is 9.34. The Bertz CT molecular complexity index is 594. The highest BCUT2D eigenvalue weighted by molar-refractivity contribution is 6.37. The fourth-order valence-electron chi connectivity index (χ4n) is 1.98. The molecule has 0 saturated carbocycles. The summed E-state index contributed by atoms with van der Waals surface area (Å²) in [5.74, 6) is 0.164. The average molecular weight is 329 g/mol. The van der Waals surface area contributed by atoms with Gasteiger partial charge in [0.2, 0.25) is 0 Å². The van der Waals surface area contributed by atoms with E-state index >= 15 is 0 Å². The fraction of sp³-hybridized carbons (Fsp3) is 0.250. The van der Waals surface area contributed by atoms with Crippen LogP contribution in [0.3, 0.4) is 0 Å². The molecule has 2 rings (SSSR count). The molecule has 0 aliphatic rings. The Balaban J connectivity index is 1.78. The molecule has 2 aromatic carbocycles. The Labute approximate surface area is 133 Å². The summed E-state index contributed by atoms with van der Waals surface area (Å²) < 4.78 is 18.5. The molecule has 0 bridgehead atoms. The molecular formula is C16H15Cl2FO2. The number of ether oxygens (including phenoxy) is 1. The summed E-state index contributed by atoms with van der Waals surface area (Å²) >= 11 is 11.9. The van der Waals surface area contributed by atoms with Gasteiger partial charge in [-0.1, -0.05) is 35.3 Å². The first kappa shape index (κ1) is 15.9. The maximum Gasteiger partial charge on any atom is 0.156 e. The Kier molecular flexibility index (Phi) is 5.71. The average Bonchev–Trinajstić information content (AvgIpc) is 2.41. The van der Waals surface area contributed by atoms with Crippen LogP contribution in [0.5, 0.6) is 11.5 Å². The lowest BCUT2D eigenvalue weighted by atomic mass is 10.1. The number of halogens is 3. The van der Waals surface area contributed by atoms with Crippen LogP contribution in [-0.2, 0) is 6.42 Å². The van der Waals surface area contributed by atoms with Crippen molar-refractivity contribution < 1.29 is 14.2 Å². The second kappa shape index (κ2) is 7.53. The summed E-state index contributed by atoms with van der Waals surface area (Å²) in [6.07, 6.45) is 2.46. The quantitative estimate of drug-likeness (QED) is 0.735. The molecule has 0 aliphatic carbocycles. The predicted octanol–water partition coefficient (Wildman–Crippen LogP) is 5.24. The topological polar surface area (TPSA) is 29.5 Å². The van der Waals surface area contributed by atoms with Gasteiger partial charge in [-0.3, -0.25) is 0 Å². The Morgan fingerprint density at radius 1 is 1.05 bits per heavy atom. The van der Waals surface area contributed by atoms with Gasteiger partial charge in [0.15, 0.2) is 5.75 Å². The maximum absolute atomic E-state index is 13.0. The smallest absolute Gasteiger partial charge is 0.156 e. The van der Waals surface area contributed by atoms with E-state index in [2.05, 4.69) is 0 Å². The molecule has 0 spiro atoms. The van der Waals surface area contributed by atoms with Crippen molar-refractivity contribution in [3.8, 4) is 11.5 Å². The molecule has 112 valence electrons. The van der Waals surface area contributed by atoms with Gasteiger partial charge < -0.3 is 9.84 Å². The van der Waals surface area contributed by atoms with E-state index < -0.39 is 0 Å². The number of rotatable bonds is 6. The highest BCUT2D eigenvalue weighted by Gasteiger charge is 2.09. The fourth-order valence-corrected chi connectivity index (χ4v) is 2.57. The molecule has 0 heterocycles. The van der Waals surface area contributed by atoms with Gasteiger partial charge in [0.05, 0.1) is 16.7 Å². The molecule has 21 heavy (non-hydrogen) atoms. The van der Waals surface area contributed by atoms with Gasteiger partial charge in [-0.2, -0.15) is 0 Å². The number of phenolic OH excluding ortho intramolecular Hbond substituents is 1. The van der Waals surface area contributed by atoms with Crippen LogP contribution in [0.1, 0.15) is 18.4 Å². The van der Waals surface area contributed by atoms with Gasteiger partial charge in [-0.05, 0) is 37.0 Å². The van der Waals surface area contributed by atoms with Gasteiger partial charge >= 0.3 is 0 Å². The lowest BCUT2D eigenvalue weighted by Crippen LogP contribution is -1.99. The largest absolute Gasteiger partial charge is 0.508 e. The molecule has 2 aromatic rings. The zero-order valence-corrected chi connectivity index (χ0v) is 12.8. The number of hydrogen-bond donors (Lipinski definition) is 1.